The standard InChI is InChI=1S/C24H22ClN5O/c25-17-9-7-16(8-10-17)22-18-11-14-30(15-21(18)28-31-22)24-23(29-12-3-4-13-29)26-19-5-1-2-6-20(19)27-24/h1-2,5-10H,3-4,11-15H2. The van der Waals surface area contributed by atoms with Gasteiger partial charge in [-0.05, 0) is 55.7 Å². The number of benzene rings is 2. The van der Waals surface area contributed by atoms with Crippen LogP contribution in [-0.2, 0) is 13.0 Å². The highest BCUT2D eigenvalue weighted by Crippen LogP contribution is 2.36. The van der Waals surface area contributed by atoms with E-state index >= 15 is 0 Å². The van der Waals surface area contributed by atoms with Gasteiger partial charge in [-0.3, -0.25) is 0 Å². The maximum atomic E-state index is 6.04. The van der Waals surface area contributed by atoms with E-state index in [9.17, 15) is 0 Å². The van der Waals surface area contributed by atoms with Crippen molar-refractivity contribution < 1.29 is 4.52 Å². The van der Waals surface area contributed by atoms with Crippen LogP contribution in [0.1, 0.15) is 24.1 Å². The summed E-state index contributed by atoms with van der Waals surface area (Å²) in [5.41, 5.74) is 5.02. The van der Waals surface area contributed by atoms with Crippen molar-refractivity contribution in [3.63, 3.8) is 0 Å². The van der Waals surface area contributed by atoms with Gasteiger partial charge in [0.15, 0.2) is 17.4 Å². The first-order valence-electron chi connectivity index (χ1n) is 10.8. The molecule has 2 aromatic heterocycles. The molecular weight excluding hydrogens is 410 g/mol. The Kier molecular flexibility index (Phi) is 4.53. The van der Waals surface area contributed by atoms with Crippen molar-refractivity contribution in [3.05, 3.63) is 64.8 Å². The summed E-state index contributed by atoms with van der Waals surface area (Å²) in [6.07, 6.45) is 3.25. The summed E-state index contributed by atoms with van der Waals surface area (Å²) in [6, 6.07) is 15.8. The van der Waals surface area contributed by atoms with Gasteiger partial charge >= 0.3 is 0 Å². The first kappa shape index (κ1) is 18.6. The SMILES string of the molecule is Clc1ccc(-c2onc3c2CCN(c2nc4ccccc4nc2N2CCCC2)C3)cc1. The number of fused-ring (bicyclic) bond motifs is 2. The summed E-state index contributed by atoms with van der Waals surface area (Å²) < 4.78 is 5.76. The molecule has 0 amide bonds. The predicted molar refractivity (Wildman–Crippen MR) is 123 cm³/mol. The number of hydrogen-bond donors (Lipinski definition) is 0. The van der Waals surface area contributed by atoms with Gasteiger partial charge in [0.2, 0.25) is 0 Å². The molecule has 1 saturated heterocycles. The van der Waals surface area contributed by atoms with Crippen molar-refractivity contribution in [1.82, 2.24) is 15.1 Å². The number of hydrogen-bond acceptors (Lipinski definition) is 6. The summed E-state index contributed by atoms with van der Waals surface area (Å²) in [4.78, 5) is 14.7. The molecule has 0 spiro atoms. The molecule has 0 saturated carbocycles. The van der Waals surface area contributed by atoms with Crippen molar-refractivity contribution in [2.75, 3.05) is 29.4 Å². The molecule has 4 aromatic rings. The summed E-state index contributed by atoms with van der Waals surface area (Å²) in [7, 11) is 0. The fraction of sp³-hybridized carbons (Fsp3) is 0.292. The second-order valence-corrected chi connectivity index (χ2v) is 8.61. The Hall–Kier alpha value is -3.12. The van der Waals surface area contributed by atoms with Crippen LogP contribution in [-0.4, -0.2) is 34.8 Å². The van der Waals surface area contributed by atoms with Gasteiger partial charge in [-0.15, -0.1) is 0 Å². The largest absolute Gasteiger partial charge is 0.356 e. The fourth-order valence-corrected chi connectivity index (χ4v) is 4.70. The average Bonchev–Trinajstić information content (AvgIpc) is 3.49. The van der Waals surface area contributed by atoms with Crippen molar-refractivity contribution in [2.45, 2.75) is 25.8 Å². The minimum absolute atomic E-state index is 0.667. The molecule has 7 heteroatoms. The van der Waals surface area contributed by atoms with Crippen molar-refractivity contribution in [2.24, 2.45) is 0 Å². The second kappa shape index (κ2) is 7.54. The average molecular weight is 432 g/mol. The molecule has 0 unspecified atom stereocenters. The van der Waals surface area contributed by atoms with Crippen molar-refractivity contribution >= 4 is 34.3 Å². The van der Waals surface area contributed by atoms with Crippen LogP contribution in [0.2, 0.25) is 5.02 Å². The van der Waals surface area contributed by atoms with E-state index in [0.29, 0.717) is 11.6 Å². The van der Waals surface area contributed by atoms with E-state index in [4.69, 9.17) is 26.1 Å². The van der Waals surface area contributed by atoms with Crippen LogP contribution < -0.4 is 9.80 Å². The van der Waals surface area contributed by atoms with Gasteiger partial charge < -0.3 is 14.3 Å². The minimum Gasteiger partial charge on any atom is -0.356 e. The number of nitrogens with zero attached hydrogens (tertiary/aromatic N) is 5. The summed E-state index contributed by atoms with van der Waals surface area (Å²) in [5, 5.41) is 5.12. The minimum atomic E-state index is 0.667. The van der Waals surface area contributed by atoms with Gasteiger partial charge in [-0.25, -0.2) is 9.97 Å². The van der Waals surface area contributed by atoms with Crippen molar-refractivity contribution in [1.29, 1.82) is 0 Å². The third-order valence-corrected chi connectivity index (χ3v) is 6.44. The molecule has 156 valence electrons. The zero-order chi connectivity index (χ0) is 20.8. The lowest BCUT2D eigenvalue weighted by molar-refractivity contribution is 0.423. The van der Waals surface area contributed by atoms with Crippen LogP contribution in [0.5, 0.6) is 0 Å². The third-order valence-electron chi connectivity index (χ3n) is 6.19. The molecule has 4 heterocycles. The molecule has 0 N–H and O–H groups in total. The second-order valence-electron chi connectivity index (χ2n) is 8.17. The molecule has 6 rings (SSSR count). The van der Waals surface area contributed by atoms with E-state index in [-0.39, 0.29) is 0 Å². The normalized spacial score (nSPS) is 16.2. The lowest BCUT2D eigenvalue weighted by Crippen LogP contribution is -2.33. The van der Waals surface area contributed by atoms with Crippen LogP contribution in [0.15, 0.2) is 53.1 Å². The smallest absolute Gasteiger partial charge is 0.172 e. The number of aromatic nitrogens is 3. The topological polar surface area (TPSA) is 58.3 Å². The lowest BCUT2D eigenvalue weighted by Gasteiger charge is -2.30. The molecule has 6 nitrogen and oxygen atoms in total. The Morgan fingerprint density at radius 2 is 1.48 bits per heavy atom. The van der Waals surface area contributed by atoms with Gasteiger partial charge in [-0.2, -0.15) is 0 Å². The van der Waals surface area contributed by atoms with Gasteiger partial charge in [0.05, 0.1) is 17.6 Å². The van der Waals surface area contributed by atoms with Gasteiger partial charge in [-0.1, -0.05) is 28.9 Å². The summed E-state index contributed by atoms with van der Waals surface area (Å²) in [5.74, 6) is 2.78. The fourth-order valence-electron chi connectivity index (χ4n) is 4.57. The molecule has 1 fully saturated rings. The lowest BCUT2D eigenvalue weighted by atomic mass is 10.0. The van der Waals surface area contributed by atoms with Crippen LogP contribution in [0.3, 0.4) is 0 Å². The maximum absolute atomic E-state index is 6.04. The molecule has 31 heavy (non-hydrogen) atoms. The zero-order valence-electron chi connectivity index (χ0n) is 17.1. The molecule has 0 atom stereocenters. The Balaban J connectivity index is 1.37. The quantitative estimate of drug-likeness (QED) is 0.449. The summed E-state index contributed by atoms with van der Waals surface area (Å²) >= 11 is 6.04. The first-order valence-corrected chi connectivity index (χ1v) is 11.1. The Morgan fingerprint density at radius 3 is 2.19 bits per heavy atom. The van der Waals surface area contributed by atoms with E-state index in [2.05, 4.69) is 15.0 Å². The number of para-hydroxylation sites is 2. The molecule has 2 aliphatic rings. The zero-order valence-corrected chi connectivity index (χ0v) is 17.8. The van der Waals surface area contributed by atoms with Crippen molar-refractivity contribution in [3.8, 4) is 11.3 Å². The Bertz CT molecular complexity index is 1250. The number of anilines is 2. The van der Waals surface area contributed by atoms with Crippen LogP contribution >= 0.6 is 11.6 Å². The molecule has 2 aliphatic heterocycles. The predicted octanol–water partition coefficient (Wildman–Crippen LogP) is 5.10. The maximum Gasteiger partial charge on any atom is 0.172 e. The van der Waals surface area contributed by atoms with E-state index in [1.807, 2.05) is 48.5 Å². The Morgan fingerprint density at radius 1 is 0.806 bits per heavy atom. The van der Waals surface area contributed by atoms with Gasteiger partial charge in [0, 0.05) is 35.8 Å². The molecule has 0 radical (unpaired) electrons. The Labute approximate surface area is 185 Å². The molecule has 2 aromatic carbocycles. The van der Waals surface area contributed by atoms with E-state index in [1.165, 1.54) is 18.4 Å². The summed E-state index contributed by atoms with van der Waals surface area (Å²) in [6.45, 7) is 3.58. The highest BCUT2D eigenvalue weighted by molar-refractivity contribution is 6.30. The highest BCUT2D eigenvalue weighted by atomic mass is 35.5. The van der Waals surface area contributed by atoms with Gasteiger partial charge in [0.25, 0.3) is 0 Å². The van der Waals surface area contributed by atoms with Crippen LogP contribution in [0.4, 0.5) is 11.6 Å². The number of halogens is 1. The van der Waals surface area contributed by atoms with Gasteiger partial charge in [0.1, 0.15) is 5.69 Å². The van der Waals surface area contributed by atoms with Crippen LogP contribution in [0, 0.1) is 0 Å². The monoisotopic (exact) mass is 431 g/mol. The molecular formula is C24H22ClN5O. The van der Waals surface area contributed by atoms with E-state index < -0.39 is 0 Å². The third kappa shape index (κ3) is 3.31. The van der Waals surface area contributed by atoms with E-state index in [0.717, 1.165) is 65.7 Å². The van der Waals surface area contributed by atoms with E-state index in [1.54, 1.807) is 0 Å². The molecule has 0 aliphatic carbocycles. The molecule has 0 bridgehead atoms. The first-order chi connectivity index (χ1) is 15.3. The van der Waals surface area contributed by atoms with Crippen LogP contribution in [0.25, 0.3) is 22.4 Å². The highest BCUT2D eigenvalue weighted by Gasteiger charge is 2.29. The number of rotatable bonds is 3.